The minimum atomic E-state index is -0.337. The summed E-state index contributed by atoms with van der Waals surface area (Å²) in [6.07, 6.45) is 0.912. The standard InChI is InChI=1S/C15H19FN2OS/c1-4-15-18-12(9-20-15)8-19-14-6-5-11(7-13(14)16)10(2)17-3/h5-7,9-10,17H,4,8H2,1-3H3. The number of rotatable bonds is 6. The van der Waals surface area contributed by atoms with Crippen LogP contribution in [0.15, 0.2) is 23.6 Å². The van der Waals surface area contributed by atoms with Gasteiger partial charge in [0.2, 0.25) is 0 Å². The molecule has 2 aromatic rings. The number of benzene rings is 1. The Hall–Kier alpha value is -1.46. The molecule has 2 rings (SSSR count). The highest BCUT2D eigenvalue weighted by atomic mass is 32.1. The van der Waals surface area contributed by atoms with Crippen molar-refractivity contribution >= 4 is 11.3 Å². The second-order valence-corrected chi connectivity index (χ2v) is 5.52. The van der Waals surface area contributed by atoms with Gasteiger partial charge in [-0.05, 0) is 38.1 Å². The van der Waals surface area contributed by atoms with Crippen molar-refractivity contribution in [2.75, 3.05) is 7.05 Å². The minimum Gasteiger partial charge on any atom is -0.484 e. The largest absolute Gasteiger partial charge is 0.484 e. The van der Waals surface area contributed by atoms with Gasteiger partial charge in [-0.3, -0.25) is 0 Å². The first kappa shape index (κ1) is 14.9. The first-order valence-electron chi connectivity index (χ1n) is 6.66. The zero-order chi connectivity index (χ0) is 14.5. The number of ether oxygens (including phenoxy) is 1. The van der Waals surface area contributed by atoms with Crippen molar-refractivity contribution in [3.63, 3.8) is 0 Å². The summed E-state index contributed by atoms with van der Waals surface area (Å²) in [6, 6.07) is 5.17. The van der Waals surface area contributed by atoms with Crippen LogP contribution in [0.2, 0.25) is 0 Å². The van der Waals surface area contributed by atoms with Gasteiger partial charge in [0.05, 0.1) is 10.7 Å². The highest BCUT2D eigenvalue weighted by Crippen LogP contribution is 2.23. The molecule has 0 saturated heterocycles. The molecule has 0 aliphatic carbocycles. The summed E-state index contributed by atoms with van der Waals surface area (Å²) in [4.78, 5) is 4.39. The van der Waals surface area contributed by atoms with Crippen LogP contribution >= 0.6 is 11.3 Å². The molecule has 0 aliphatic rings. The van der Waals surface area contributed by atoms with Gasteiger partial charge >= 0.3 is 0 Å². The molecule has 0 aliphatic heterocycles. The summed E-state index contributed by atoms with van der Waals surface area (Å²) in [5, 5.41) is 6.10. The molecule has 0 amide bonds. The van der Waals surface area contributed by atoms with E-state index in [-0.39, 0.29) is 17.6 Å². The zero-order valence-electron chi connectivity index (χ0n) is 11.9. The molecular formula is C15H19FN2OS. The van der Waals surface area contributed by atoms with E-state index >= 15 is 0 Å². The van der Waals surface area contributed by atoms with Crippen LogP contribution in [0.25, 0.3) is 0 Å². The Bertz CT molecular complexity index is 571. The SMILES string of the molecule is CCc1nc(COc2ccc(C(C)NC)cc2F)cs1. The normalized spacial score (nSPS) is 12.4. The van der Waals surface area contributed by atoms with Crippen molar-refractivity contribution in [1.82, 2.24) is 10.3 Å². The Labute approximate surface area is 122 Å². The van der Waals surface area contributed by atoms with Crippen LogP contribution in [-0.4, -0.2) is 12.0 Å². The second-order valence-electron chi connectivity index (χ2n) is 4.58. The van der Waals surface area contributed by atoms with Gasteiger partial charge < -0.3 is 10.1 Å². The summed E-state index contributed by atoms with van der Waals surface area (Å²) in [7, 11) is 1.85. The molecule has 0 bridgehead atoms. The lowest BCUT2D eigenvalue weighted by Gasteiger charge is -2.12. The van der Waals surface area contributed by atoms with Crippen LogP contribution in [0.3, 0.4) is 0 Å². The average Bonchev–Trinajstić information content (AvgIpc) is 2.93. The fourth-order valence-electron chi connectivity index (χ4n) is 1.80. The first-order valence-corrected chi connectivity index (χ1v) is 7.54. The Kier molecular flexibility index (Phi) is 5.09. The third kappa shape index (κ3) is 3.55. The fraction of sp³-hybridized carbons (Fsp3) is 0.400. The Balaban J connectivity index is 2.02. The molecule has 1 aromatic carbocycles. The van der Waals surface area contributed by atoms with Gasteiger partial charge in [0.1, 0.15) is 6.61 Å². The number of hydrogen-bond acceptors (Lipinski definition) is 4. The third-order valence-corrected chi connectivity index (χ3v) is 4.21. The van der Waals surface area contributed by atoms with Crippen molar-refractivity contribution in [3.8, 4) is 5.75 Å². The van der Waals surface area contributed by atoms with Gasteiger partial charge in [-0.15, -0.1) is 11.3 Å². The highest BCUT2D eigenvalue weighted by Gasteiger charge is 2.09. The number of nitrogens with one attached hydrogen (secondary N) is 1. The summed E-state index contributed by atoms with van der Waals surface area (Å²) >= 11 is 1.61. The number of hydrogen-bond donors (Lipinski definition) is 1. The summed E-state index contributed by atoms with van der Waals surface area (Å²) in [6.45, 7) is 4.34. The quantitative estimate of drug-likeness (QED) is 0.882. The van der Waals surface area contributed by atoms with Crippen LogP contribution in [0.1, 0.15) is 36.2 Å². The minimum absolute atomic E-state index is 0.115. The van der Waals surface area contributed by atoms with Gasteiger partial charge in [-0.25, -0.2) is 9.37 Å². The summed E-state index contributed by atoms with van der Waals surface area (Å²) in [5.74, 6) is -0.0707. The topological polar surface area (TPSA) is 34.1 Å². The smallest absolute Gasteiger partial charge is 0.165 e. The van der Waals surface area contributed by atoms with Crippen molar-refractivity contribution < 1.29 is 9.13 Å². The maximum atomic E-state index is 14.0. The second kappa shape index (κ2) is 6.81. The average molecular weight is 294 g/mol. The van der Waals surface area contributed by atoms with Crippen LogP contribution in [0, 0.1) is 5.82 Å². The molecule has 0 spiro atoms. The van der Waals surface area contributed by atoms with E-state index in [1.165, 1.54) is 6.07 Å². The van der Waals surface area contributed by atoms with Crippen LogP contribution in [0.4, 0.5) is 4.39 Å². The molecule has 1 N–H and O–H groups in total. The van der Waals surface area contributed by atoms with E-state index < -0.39 is 0 Å². The predicted octanol–water partition coefficient (Wildman–Crippen LogP) is 3.70. The van der Waals surface area contributed by atoms with Crippen LogP contribution < -0.4 is 10.1 Å². The van der Waals surface area contributed by atoms with E-state index in [4.69, 9.17) is 4.74 Å². The zero-order valence-corrected chi connectivity index (χ0v) is 12.8. The van der Waals surface area contributed by atoms with E-state index in [1.807, 2.05) is 25.4 Å². The molecule has 1 atom stereocenters. The van der Waals surface area contributed by atoms with Gasteiger partial charge in [-0.1, -0.05) is 13.0 Å². The molecule has 1 heterocycles. The Morgan fingerprint density at radius 3 is 2.85 bits per heavy atom. The van der Waals surface area contributed by atoms with E-state index in [0.29, 0.717) is 6.61 Å². The van der Waals surface area contributed by atoms with Gasteiger partial charge in [0, 0.05) is 11.4 Å². The molecule has 0 fully saturated rings. The van der Waals surface area contributed by atoms with Crippen LogP contribution in [-0.2, 0) is 13.0 Å². The number of halogens is 1. The lowest BCUT2D eigenvalue weighted by atomic mass is 10.1. The molecular weight excluding hydrogens is 275 g/mol. The van der Waals surface area contributed by atoms with Crippen molar-refractivity contribution in [2.45, 2.75) is 32.9 Å². The highest BCUT2D eigenvalue weighted by molar-refractivity contribution is 7.09. The third-order valence-electron chi connectivity index (χ3n) is 3.17. The van der Waals surface area contributed by atoms with Crippen LogP contribution in [0.5, 0.6) is 5.75 Å². The fourth-order valence-corrected chi connectivity index (χ4v) is 2.53. The molecule has 0 radical (unpaired) electrons. The number of nitrogens with zero attached hydrogens (tertiary/aromatic N) is 1. The van der Waals surface area contributed by atoms with Gasteiger partial charge in [0.15, 0.2) is 11.6 Å². The Morgan fingerprint density at radius 2 is 2.25 bits per heavy atom. The van der Waals surface area contributed by atoms with E-state index in [2.05, 4.69) is 17.2 Å². The van der Waals surface area contributed by atoms with Gasteiger partial charge in [-0.2, -0.15) is 0 Å². The van der Waals surface area contributed by atoms with Gasteiger partial charge in [0.25, 0.3) is 0 Å². The molecule has 0 saturated carbocycles. The van der Waals surface area contributed by atoms with Crippen molar-refractivity contribution in [3.05, 3.63) is 45.7 Å². The molecule has 1 aromatic heterocycles. The number of aryl methyl sites for hydroxylation is 1. The molecule has 108 valence electrons. The lowest BCUT2D eigenvalue weighted by Crippen LogP contribution is -2.12. The van der Waals surface area contributed by atoms with E-state index in [0.717, 1.165) is 22.7 Å². The lowest BCUT2D eigenvalue weighted by molar-refractivity contribution is 0.286. The van der Waals surface area contributed by atoms with Crippen molar-refractivity contribution in [2.24, 2.45) is 0 Å². The molecule has 1 unspecified atom stereocenters. The van der Waals surface area contributed by atoms with Crippen molar-refractivity contribution in [1.29, 1.82) is 0 Å². The summed E-state index contributed by atoms with van der Waals surface area (Å²) < 4.78 is 19.4. The molecule has 20 heavy (non-hydrogen) atoms. The van der Waals surface area contributed by atoms with E-state index in [9.17, 15) is 4.39 Å². The number of thiazole rings is 1. The Morgan fingerprint density at radius 1 is 1.45 bits per heavy atom. The number of aromatic nitrogens is 1. The molecule has 3 nitrogen and oxygen atoms in total. The monoisotopic (exact) mass is 294 g/mol. The first-order chi connectivity index (χ1) is 9.63. The van der Waals surface area contributed by atoms with E-state index in [1.54, 1.807) is 17.4 Å². The summed E-state index contributed by atoms with van der Waals surface area (Å²) in [5.41, 5.74) is 1.75. The predicted molar refractivity (Wildman–Crippen MR) is 79.7 cm³/mol. The maximum Gasteiger partial charge on any atom is 0.165 e. The maximum absolute atomic E-state index is 14.0. The molecule has 5 heteroatoms.